The van der Waals surface area contributed by atoms with E-state index in [2.05, 4.69) is 26.3 Å². The molecule has 1 aliphatic heterocycles. The topological polar surface area (TPSA) is 113 Å². The van der Waals surface area contributed by atoms with Crippen LogP contribution in [0, 0.1) is 11.3 Å². The number of ether oxygens (including phenoxy) is 2. The second kappa shape index (κ2) is 10.0. The Morgan fingerprint density at radius 2 is 2.07 bits per heavy atom. The molecule has 1 saturated heterocycles. The van der Waals surface area contributed by atoms with Crippen molar-refractivity contribution >= 4 is 35.0 Å². The van der Waals surface area contributed by atoms with E-state index in [1.165, 1.54) is 13.3 Å². The van der Waals surface area contributed by atoms with E-state index in [0.717, 1.165) is 29.0 Å². The first-order chi connectivity index (χ1) is 14.6. The number of thioether (sulfide) groups is 1. The Kier molecular flexibility index (Phi) is 6.97. The fraction of sp³-hybridized carbons (Fsp3) is 0.0952. The van der Waals surface area contributed by atoms with Gasteiger partial charge in [0, 0.05) is 6.08 Å². The van der Waals surface area contributed by atoms with Crippen molar-refractivity contribution in [2.24, 2.45) is 10.2 Å². The monoisotopic (exact) mass is 420 g/mol. The van der Waals surface area contributed by atoms with Gasteiger partial charge in [-0.05, 0) is 59.3 Å². The molecule has 2 aromatic carbocycles. The number of rotatable bonds is 6. The number of carbonyl (C=O) groups is 2. The number of amides is 1. The molecule has 0 spiro atoms. The molecule has 8 nitrogen and oxygen atoms in total. The fourth-order valence-corrected chi connectivity index (χ4v) is 3.08. The van der Waals surface area contributed by atoms with Crippen LogP contribution in [0.15, 0.2) is 69.7 Å². The van der Waals surface area contributed by atoms with Crippen LogP contribution in [-0.4, -0.2) is 30.4 Å². The van der Waals surface area contributed by atoms with Crippen molar-refractivity contribution in [3.63, 3.8) is 0 Å². The Morgan fingerprint density at radius 1 is 1.27 bits per heavy atom. The van der Waals surface area contributed by atoms with Crippen LogP contribution in [0.2, 0.25) is 0 Å². The van der Waals surface area contributed by atoms with E-state index in [1.54, 1.807) is 24.3 Å². The molecule has 1 amide bonds. The minimum Gasteiger partial charge on any atom is -0.489 e. The molecule has 0 saturated carbocycles. The van der Waals surface area contributed by atoms with Crippen molar-refractivity contribution < 1.29 is 19.1 Å². The third kappa shape index (κ3) is 5.80. The molecule has 1 fully saturated rings. The number of methoxy groups -OCH3 is 1. The molecule has 0 aromatic heterocycles. The zero-order valence-electron chi connectivity index (χ0n) is 15.9. The second-order valence-corrected chi connectivity index (χ2v) is 6.94. The number of carbonyl (C=O) groups excluding carboxylic acids is 2. The summed E-state index contributed by atoms with van der Waals surface area (Å²) in [5.41, 5.74) is 2.29. The maximum atomic E-state index is 11.7. The van der Waals surface area contributed by atoms with Gasteiger partial charge in [-0.2, -0.15) is 10.4 Å². The number of hydrogen-bond donors (Lipinski definition) is 1. The van der Waals surface area contributed by atoms with Gasteiger partial charge in [-0.25, -0.2) is 4.79 Å². The minimum atomic E-state index is -0.613. The first-order valence-electron chi connectivity index (χ1n) is 8.69. The largest absolute Gasteiger partial charge is 0.489 e. The van der Waals surface area contributed by atoms with Gasteiger partial charge in [0.1, 0.15) is 12.4 Å². The molecule has 3 rings (SSSR count). The van der Waals surface area contributed by atoms with Crippen LogP contribution < -0.4 is 10.1 Å². The average molecular weight is 420 g/mol. The van der Waals surface area contributed by atoms with Crippen molar-refractivity contribution in [2.45, 2.75) is 6.61 Å². The lowest BCUT2D eigenvalue weighted by molar-refractivity contribution is -0.135. The smallest absolute Gasteiger partial charge is 0.331 e. The molecule has 0 aliphatic carbocycles. The van der Waals surface area contributed by atoms with Crippen LogP contribution in [-0.2, 0) is 20.9 Å². The van der Waals surface area contributed by atoms with Crippen LogP contribution in [0.25, 0.3) is 0 Å². The predicted molar refractivity (Wildman–Crippen MR) is 113 cm³/mol. The van der Waals surface area contributed by atoms with E-state index in [4.69, 9.17) is 10.00 Å². The highest BCUT2D eigenvalue weighted by Crippen LogP contribution is 2.23. The van der Waals surface area contributed by atoms with Gasteiger partial charge in [-0.1, -0.05) is 12.1 Å². The zero-order chi connectivity index (χ0) is 21.3. The van der Waals surface area contributed by atoms with Crippen molar-refractivity contribution in [3.05, 3.63) is 76.2 Å². The number of amidine groups is 1. The van der Waals surface area contributed by atoms with E-state index < -0.39 is 11.9 Å². The van der Waals surface area contributed by atoms with Crippen molar-refractivity contribution in [1.29, 1.82) is 5.26 Å². The molecule has 0 bridgehead atoms. The number of nitrogens with zero attached hydrogens (tertiary/aromatic N) is 3. The Labute approximate surface area is 176 Å². The molecular weight excluding hydrogens is 404 g/mol. The van der Waals surface area contributed by atoms with E-state index in [9.17, 15) is 9.59 Å². The molecule has 0 unspecified atom stereocenters. The van der Waals surface area contributed by atoms with E-state index >= 15 is 0 Å². The van der Waals surface area contributed by atoms with E-state index in [-0.39, 0.29) is 10.1 Å². The third-order valence-corrected chi connectivity index (χ3v) is 4.70. The number of esters is 1. The predicted octanol–water partition coefficient (Wildman–Crippen LogP) is 2.75. The number of nitriles is 1. The van der Waals surface area contributed by atoms with Gasteiger partial charge in [0.25, 0.3) is 5.91 Å². The lowest BCUT2D eigenvalue weighted by Gasteiger charge is -2.06. The first-order valence-corrected chi connectivity index (χ1v) is 9.51. The Bertz CT molecular complexity index is 1080. The third-order valence-electron chi connectivity index (χ3n) is 3.80. The van der Waals surface area contributed by atoms with Gasteiger partial charge in [-0.3, -0.25) is 10.1 Å². The molecule has 9 heteroatoms. The summed E-state index contributed by atoms with van der Waals surface area (Å²) in [7, 11) is 1.23. The lowest BCUT2D eigenvalue weighted by Crippen LogP contribution is -2.19. The highest BCUT2D eigenvalue weighted by molar-refractivity contribution is 8.18. The van der Waals surface area contributed by atoms with Gasteiger partial charge in [0.05, 0.1) is 29.9 Å². The number of hydrogen-bond acceptors (Lipinski definition) is 8. The van der Waals surface area contributed by atoms with E-state index in [1.807, 2.05) is 24.3 Å². The highest BCUT2D eigenvalue weighted by Gasteiger charge is 2.24. The van der Waals surface area contributed by atoms with Crippen molar-refractivity contribution in [2.75, 3.05) is 7.11 Å². The number of nitrogens with one attached hydrogen (secondary N) is 1. The minimum absolute atomic E-state index is 0.192. The standard InChI is InChI=1S/C21H16N4O4S/c1-28-19(26)10-18-20(27)24-21(30-18)25-23-12-14-5-7-17(8-6-14)29-13-16-4-2-3-15(9-16)11-22/h2-10,12H,13H2,1H3,(H,24,25,27)/b18-10+,23-12?. The summed E-state index contributed by atoms with van der Waals surface area (Å²) in [4.78, 5) is 23.1. The summed E-state index contributed by atoms with van der Waals surface area (Å²) in [5.74, 6) is -0.365. The lowest BCUT2D eigenvalue weighted by atomic mass is 10.1. The van der Waals surface area contributed by atoms with Crippen LogP contribution in [0.4, 0.5) is 0 Å². The van der Waals surface area contributed by atoms with Gasteiger partial charge in [0.2, 0.25) is 0 Å². The maximum Gasteiger partial charge on any atom is 0.331 e. The first kappa shape index (κ1) is 20.8. The average Bonchev–Trinajstić information content (AvgIpc) is 3.12. The maximum absolute atomic E-state index is 11.7. The summed E-state index contributed by atoms with van der Waals surface area (Å²) in [5, 5.41) is 19.6. The molecule has 150 valence electrons. The Hall–Kier alpha value is -3.90. The molecule has 1 aliphatic rings. The van der Waals surface area contributed by atoms with Crippen LogP contribution in [0.5, 0.6) is 5.75 Å². The van der Waals surface area contributed by atoms with E-state index in [0.29, 0.717) is 17.9 Å². The van der Waals surface area contributed by atoms with Gasteiger partial charge >= 0.3 is 5.97 Å². The zero-order valence-corrected chi connectivity index (χ0v) is 16.7. The fourth-order valence-electron chi connectivity index (χ4n) is 2.34. The summed E-state index contributed by atoms with van der Waals surface area (Å²) in [6, 6.07) is 16.6. The molecule has 0 atom stereocenters. The van der Waals surface area contributed by atoms with Crippen molar-refractivity contribution in [1.82, 2.24) is 5.32 Å². The SMILES string of the molecule is COC(=O)/C=C1/S/C(=N\N=Cc2ccc(OCc3cccc(C#N)c3)cc2)NC1=O. The normalized spacial score (nSPS) is 15.9. The molecule has 0 radical (unpaired) electrons. The quantitative estimate of drug-likeness (QED) is 0.333. The summed E-state index contributed by atoms with van der Waals surface area (Å²) in [6.07, 6.45) is 2.63. The molecule has 1 N–H and O–H groups in total. The number of benzene rings is 2. The Balaban J connectivity index is 1.55. The van der Waals surface area contributed by atoms with Gasteiger partial charge < -0.3 is 9.47 Å². The van der Waals surface area contributed by atoms with Crippen molar-refractivity contribution in [3.8, 4) is 11.8 Å². The molecule has 30 heavy (non-hydrogen) atoms. The van der Waals surface area contributed by atoms with Crippen LogP contribution in [0.1, 0.15) is 16.7 Å². The highest BCUT2D eigenvalue weighted by atomic mass is 32.2. The van der Waals surface area contributed by atoms with Crippen LogP contribution >= 0.6 is 11.8 Å². The van der Waals surface area contributed by atoms with Gasteiger partial charge in [-0.15, -0.1) is 5.10 Å². The molecule has 2 aromatic rings. The summed E-state index contributed by atoms with van der Waals surface area (Å²) < 4.78 is 10.2. The molecule has 1 heterocycles. The second-order valence-electron chi connectivity index (χ2n) is 5.91. The summed E-state index contributed by atoms with van der Waals surface area (Å²) in [6.45, 7) is 0.356. The van der Waals surface area contributed by atoms with Crippen LogP contribution in [0.3, 0.4) is 0 Å². The Morgan fingerprint density at radius 3 is 2.80 bits per heavy atom. The summed E-state index contributed by atoms with van der Waals surface area (Å²) >= 11 is 1.00. The van der Waals surface area contributed by atoms with Gasteiger partial charge in [0.15, 0.2) is 5.17 Å². The molecular formula is C21H16N4O4S.